The lowest BCUT2D eigenvalue weighted by atomic mass is 9.94. The zero-order valence-electron chi connectivity index (χ0n) is 61.7. The minimum Gasteiger partial charge on any atom is -0.309 e. The van der Waals surface area contributed by atoms with Gasteiger partial charge in [-0.2, -0.15) is 0 Å². The Labute approximate surface area is 663 Å². The van der Waals surface area contributed by atoms with Crippen LogP contribution in [0.25, 0.3) is 227 Å². The largest absolute Gasteiger partial charge is 0.309 e. The van der Waals surface area contributed by atoms with Gasteiger partial charge in [-0.15, -0.1) is 22.7 Å². The smallest absolute Gasteiger partial charge is 0.0555 e. The molecule has 0 spiro atoms. The Hall–Kier alpha value is -14.4. The molecular weight excluding hydrogens is 1420 g/mol. The molecule has 4 nitrogen and oxygen atoms in total. The summed E-state index contributed by atoms with van der Waals surface area (Å²) in [5, 5.41) is 23.1. The van der Waals surface area contributed by atoms with Crippen LogP contribution in [0.2, 0.25) is 0 Å². The lowest BCUT2D eigenvalue weighted by Gasteiger charge is -2.14. The molecule has 0 saturated heterocycles. The van der Waals surface area contributed by atoms with Gasteiger partial charge in [-0.05, 0) is 228 Å². The molecule has 530 valence electrons. The average molecular weight is 1480 g/mol. The summed E-state index contributed by atoms with van der Waals surface area (Å²) in [6.07, 6.45) is 0. The Bertz CT molecular complexity index is 8190. The lowest BCUT2D eigenvalue weighted by molar-refractivity contribution is 1.18. The van der Waals surface area contributed by atoms with E-state index in [2.05, 4.69) is 419 Å². The SMILES string of the molecule is c1ccc(-c2cc(-c3ccccc3)cc(-n3c4ccc(-c5ccc6c(c5)c5ccccc5n6-c5ccccc5)cc4c4cc5c(cc43)sc3ccccc35)c2)cc1.c1ccc(-n2c3ccccc3c3cc(-c4ccc5c(c4)c4cc6c(cc4n5-c4ccc5c7ccccc7c7ccccc7c5c4)sc4ccccc46)ccc32)cc1. The highest BCUT2D eigenvalue weighted by Gasteiger charge is 2.23. The standard InChI is InChI=1S/C54H32N2S.C54H34N2S/c1-2-12-35(13-3-1)55-49-20-10-8-18-42(49)45-28-33(22-26-50(45)55)34-23-27-51-46(29-34)47-31-48-43-19-9-11-21-53(43)57-54(48)32-52(47)56(51)36-24-25-41-39-16-5-4-14-37(39)38-15-6-7-17-40(38)44(41)30-36;1-4-14-35(15-5-1)39-28-40(36-16-6-2-7-17-36)30-42(29-39)56-51-27-25-38(32-46(51)47-33-48-44-21-11-13-23-53(44)57-54(48)34-52(47)56)37-24-26-50-45(31-37)43-20-10-12-22-49(43)55(50)41-18-8-3-9-19-41/h1-32H;1-34H. The summed E-state index contributed by atoms with van der Waals surface area (Å²) in [4.78, 5) is 0. The zero-order valence-corrected chi connectivity index (χ0v) is 63.3. The van der Waals surface area contributed by atoms with E-state index in [4.69, 9.17) is 0 Å². The number of thiophene rings is 2. The summed E-state index contributed by atoms with van der Waals surface area (Å²) in [7, 11) is 0. The van der Waals surface area contributed by atoms with E-state index in [9.17, 15) is 0 Å². The molecule has 0 atom stereocenters. The Morgan fingerprint density at radius 1 is 0.123 bits per heavy atom. The number of nitrogens with zero attached hydrogens (tertiary/aromatic N) is 4. The van der Waals surface area contributed by atoms with E-state index in [0.29, 0.717) is 0 Å². The van der Waals surface area contributed by atoms with Gasteiger partial charge in [-0.25, -0.2) is 0 Å². The van der Waals surface area contributed by atoms with E-state index in [1.54, 1.807) is 0 Å². The number of fused-ring (bicyclic) bond motifs is 24. The lowest BCUT2D eigenvalue weighted by Crippen LogP contribution is -1.96. The third-order valence-electron chi connectivity index (χ3n) is 23.9. The first-order valence-corrected chi connectivity index (χ1v) is 40.7. The molecular formula is C108H66N4S2. The third-order valence-corrected chi connectivity index (χ3v) is 26.2. The van der Waals surface area contributed by atoms with E-state index in [-0.39, 0.29) is 0 Å². The Morgan fingerprint density at radius 3 is 0.851 bits per heavy atom. The molecule has 19 aromatic carbocycles. The monoisotopic (exact) mass is 1480 g/mol. The van der Waals surface area contributed by atoms with Crippen molar-refractivity contribution in [2.45, 2.75) is 0 Å². The topological polar surface area (TPSA) is 19.7 Å². The second kappa shape index (κ2) is 25.6. The molecule has 0 unspecified atom stereocenters. The molecule has 0 fully saturated rings. The van der Waals surface area contributed by atoms with Gasteiger partial charge in [0.2, 0.25) is 0 Å². The van der Waals surface area contributed by atoms with Crippen LogP contribution >= 0.6 is 22.7 Å². The second-order valence-corrected chi connectivity index (χ2v) is 32.4. The Morgan fingerprint density at radius 2 is 0.430 bits per heavy atom. The van der Waals surface area contributed by atoms with Crippen LogP contribution in [-0.2, 0) is 0 Å². The number of benzene rings is 19. The maximum absolute atomic E-state index is 2.50. The molecule has 114 heavy (non-hydrogen) atoms. The molecule has 0 aliphatic rings. The fourth-order valence-electron chi connectivity index (χ4n) is 18.8. The van der Waals surface area contributed by atoms with Crippen LogP contribution in [0.15, 0.2) is 400 Å². The number of hydrogen-bond acceptors (Lipinski definition) is 2. The molecule has 6 aromatic heterocycles. The maximum Gasteiger partial charge on any atom is 0.0555 e. The van der Waals surface area contributed by atoms with E-state index in [0.717, 1.165) is 5.69 Å². The van der Waals surface area contributed by atoms with Gasteiger partial charge in [0.1, 0.15) is 0 Å². The summed E-state index contributed by atoms with van der Waals surface area (Å²) in [5.74, 6) is 0. The highest BCUT2D eigenvalue weighted by Crippen LogP contribution is 2.48. The first kappa shape index (κ1) is 64.4. The molecule has 25 rings (SSSR count). The van der Waals surface area contributed by atoms with Crippen LogP contribution in [0.3, 0.4) is 0 Å². The van der Waals surface area contributed by atoms with Crippen molar-refractivity contribution in [3.05, 3.63) is 400 Å². The van der Waals surface area contributed by atoms with Crippen LogP contribution in [0.4, 0.5) is 0 Å². The Balaban J connectivity index is 0.000000132. The van der Waals surface area contributed by atoms with Gasteiger partial charge in [-0.1, -0.05) is 249 Å². The van der Waals surface area contributed by atoms with Crippen molar-refractivity contribution in [1.82, 2.24) is 18.3 Å². The number of para-hydroxylation sites is 4. The van der Waals surface area contributed by atoms with Crippen LogP contribution < -0.4 is 0 Å². The quantitative estimate of drug-likeness (QED) is 0.135. The molecule has 0 aliphatic carbocycles. The molecule has 0 amide bonds. The molecule has 0 aliphatic heterocycles. The van der Waals surface area contributed by atoms with Gasteiger partial charge in [0.15, 0.2) is 0 Å². The van der Waals surface area contributed by atoms with Crippen LogP contribution in [0.5, 0.6) is 0 Å². The number of rotatable bonds is 8. The fraction of sp³-hybridized carbons (Fsp3) is 0. The first-order valence-electron chi connectivity index (χ1n) is 39.1. The molecule has 0 radical (unpaired) electrons. The van der Waals surface area contributed by atoms with Crippen LogP contribution in [-0.4, -0.2) is 18.3 Å². The summed E-state index contributed by atoms with van der Waals surface area (Å²) in [6.45, 7) is 0. The Kier molecular flexibility index (Phi) is 14.5. The third kappa shape index (κ3) is 10.1. The van der Waals surface area contributed by atoms with Gasteiger partial charge >= 0.3 is 0 Å². The van der Waals surface area contributed by atoms with Gasteiger partial charge in [0.05, 0.1) is 44.1 Å². The highest BCUT2D eigenvalue weighted by molar-refractivity contribution is 7.26. The van der Waals surface area contributed by atoms with Crippen molar-refractivity contribution in [2.75, 3.05) is 0 Å². The summed E-state index contributed by atoms with van der Waals surface area (Å²) < 4.78 is 15.0. The minimum absolute atomic E-state index is 1.15. The van der Waals surface area contributed by atoms with Gasteiger partial charge in [0.25, 0.3) is 0 Å². The summed E-state index contributed by atoms with van der Waals surface area (Å²) in [6, 6.07) is 148. The average Bonchev–Trinajstić information content (AvgIpc) is 1.53. The predicted molar refractivity (Wildman–Crippen MR) is 490 cm³/mol. The van der Waals surface area contributed by atoms with Crippen molar-refractivity contribution in [3.8, 4) is 67.3 Å². The molecule has 0 N–H and O–H groups in total. The second-order valence-electron chi connectivity index (χ2n) is 30.2. The zero-order chi connectivity index (χ0) is 74.6. The van der Waals surface area contributed by atoms with E-state index in [1.807, 2.05) is 22.7 Å². The van der Waals surface area contributed by atoms with Crippen LogP contribution in [0.1, 0.15) is 0 Å². The van der Waals surface area contributed by atoms with Gasteiger partial charge < -0.3 is 18.3 Å². The van der Waals surface area contributed by atoms with Crippen molar-refractivity contribution in [2.24, 2.45) is 0 Å². The van der Waals surface area contributed by atoms with E-state index in [1.165, 1.54) is 221 Å². The van der Waals surface area contributed by atoms with Gasteiger partial charge in [0, 0.05) is 106 Å². The summed E-state index contributed by atoms with van der Waals surface area (Å²) >= 11 is 3.76. The molecule has 6 heteroatoms. The van der Waals surface area contributed by atoms with E-state index >= 15 is 0 Å². The van der Waals surface area contributed by atoms with Crippen molar-refractivity contribution >= 4 is 183 Å². The maximum atomic E-state index is 2.50. The van der Waals surface area contributed by atoms with Crippen LogP contribution in [0, 0.1) is 0 Å². The predicted octanol–water partition coefficient (Wildman–Crippen LogP) is 30.6. The fourth-order valence-corrected chi connectivity index (χ4v) is 21.0. The highest BCUT2D eigenvalue weighted by atomic mass is 32.1. The summed E-state index contributed by atoms with van der Waals surface area (Å²) in [5.41, 5.74) is 24.0. The van der Waals surface area contributed by atoms with Crippen molar-refractivity contribution in [1.29, 1.82) is 0 Å². The first-order chi connectivity index (χ1) is 56.5. The molecule has 6 heterocycles. The van der Waals surface area contributed by atoms with Gasteiger partial charge in [-0.3, -0.25) is 0 Å². The minimum atomic E-state index is 1.15. The normalized spacial score (nSPS) is 12.0. The molecule has 0 saturated carbocycles. The number of aromatic nitrogens is 4. The van der Waals surface area contributed by atoms with E-state index < -0.39 is 0 Å². The molecule has 25 aromatic rings. The van der Waals surface area contributed by atoms with Crippen molar-refractivity contribution in [3.63, 3.8) is 0 Å². The number of hydrogen-bond donors (Lipinski definition) is 0. The molecule has 0 bridgehead atoms. The van der Waals surface area contributed by atoms with Crippen molar-refractivity contribution < 1.29 is 0 Å².